The van der Waals surface area contributed by atoms with Gasteiger partial charge in [0.05, 0.1) is 22.0 Å². The summed E-state index contributed by atoms with van der Waals surface area (Å²) >= 11 is 0. The van der Waals surface area contributed by atoms with Gasteiger partial charge >= 0.3 is 6.18 Å². The number of aromatic nitrogens is 2. The van der Waals surface area contributed by atoms with Gasteiger partial charge in [-0.15, -0.1) is 0 Å². The van der Waals surface area contributed by atoms with Crippen LogP contribution in [0.25, 0.3) is 10.9 Å². The number of hydrogen-bond acceptors (Lipinski definition) is 6. The monoisotopic (exact) mass is 555 g/mol. The number of piperazine rings is 1. The van der Waals surface area contributed by atoms with Crippen LogP contribution >= 0.6 is 0 Å². The molecule has 3 aromatic carbocycles. The van der Waals surface area contributed by atoms with Gasteiger partial charge in [-0.1, -0.05) is 24.3 Å². The second-order valence-corrected chi connectivity index (χ2v) is 11.5. The molecule has 1 aliphatic rings. The van der Waals surface area contributed by atoms with Gasteiger partial charge in [0.2, 0.25) is 10.0 Å². The molecule has 0 spiro atoms. The summed E-state index contributed by atoms with van der Waals surface area (Å²) in [4.78, 5) is 11.6. The number of alkyl halides is 3. The van der Waals surface area contributed by atoms with Crippen molar-refractivity contribution in [1.82, 2.24) is 19.2 Å². The second kappa shape index (κ2) is 10.6. The van der Waals surface area contributed by atoms with Gasteiger partial charge in [-0.25, -0.2) is 18.4 Å². The van der Waals surface area contributed by atoms with Crippen molar-refractivity contribution in [3.8, 4) is 0 Å². The van der Waals surface area contributed by atoms with Crippen LogP contribution in [0.1, 0.15) is 29.9 Å². The van der Waals surface area contributed by atoms with Crippen molar-refractivity contribution >= 4 is 32.4 Å². The molecule has 1 aliphatic heterocycles. The topological polar surface area (TPSA) is 78.4 Å². The Kier molecular flexibility index (Phi) is 7.32. The summed E-state index contributed by atoms with van der Waals surface area (Å²) in [6, 6.07) is 19.2. The summed E-state index contributed by atoms with van der Waals surface area (Å²) in [5, 5.41) is 4.31. The molecule has 0 radical (unpaired) electrons. The molecule has 1 saturated heterocycles. The average molecular weight is 556 g/mol. The number of nitrogens with zero attached hydrogens (tertiary/aromatic N) is 4. The minimum atomic E-state index is -4.52. The lowest BCUT2D eigenvalue weighted by molar-refractivity contribution is -0.137. The van der Waals surface area contributed by atoms with Crippen LogP contribution in [0.15, 0.2) is 77.7 Å². The van der Waals surface area contributed by atoms with Crippen molar-refractivity contribution < 1.29 is 21.6 Å². The normalized spacial score (nSPS) is 16.3. The molecule has 1 aromatic heterocycles. The number of benzene rings is 3. The van der Waals surface area contributed by atoms with Gasteiger partial charge in [0.1, 0.15) is 11.6 Å². The van der Waals surface area contributed by atoms with Crippen LogP contribution in [0.3, 0.4) is 0 Å². The van der Waals surface area contributed by atoms with Crippen LogP contribution in [-0.2, 0) is 16.2 Å². The Morgan fingerprint density at radius 3 is 2.26 bits per heavy atom. The minimum Gasteiger partial charge on any atom is -0.340 e. The highest BCUT2D eigenvalue weighted by atomic mass is 32.2. The van der Waals surface area contributed by atoms with Crippen molar-refractivity contribution in [1.29, 1.82) is 0 Å². The molecular formula is C28H28F3N5O2S. The highest BCUT2D eigenvalue weighted by Gasteiger charge is 2.33. The second-order valence-electron chi connectivity index (χ2n) is 9.58. The summed E-state index contributed by atoms with van der Waals surface area (Å²) in [7, 11) is -3.91. The summed E-state index contributed by atoms with van der Waals surface area (Å²) in [6.45, 7) is 5.27. The molecule has 0 saturated carbocycles. The lowest BCUT2D eigenvalue weighted by atomic mass is 10.1. The van der Waals surface area contributed by atoms with Crippen LogP contribution < -0.4 is 5.32 Å². The van der Waals surface area contributed by atoms with E-state index in [2.05, 4.69) is 10.2 Å². The van der Waals surface area contributed by atoms with E-state index in [9.17, 15) is 21.6 Å². The van der Waals surface area contributed by atoms with Gasteiger partial charge in [0.25, 0.3) is 0 Å². The van der Waals surface area contributed by atoms with Gasteiger partial charge in [0, 0.05) is 37.3 Å². The lowest BCUT2D eigenvalue weighted by Crippen LogP contribution is -2.49. The number of nitrogens with one attached hydrogen (secondary N) is 1. The van der Waals surface area contributed by atoms with E-state index in [1.165, 1.54) is 4.31 Å². The number of rotatable bonds is 6. The molecule has 0 unspecified atom stereocenters. The van der Waals surface area contributed by atoms with E-state index in [1.54, 1.807) is 0 Å². The molecule has 2 heterocycles. The number of hydrogen-bond donors (Lipinski definition) is 1. The average Bonchev–Trinajstić information content (AvgIpc) is 2.92. The number of halogens is 3. The van der Waals surface area contributed by atoms with E-state index < -0.39 is 21.8 Å². The Bertz CT molecular complexity index is 1590. The fourth-order valence-corrected chi connectivity index (χ4v) is 6.12. The molecule has 7 nitrogen and oxygen atoms in total. The third-order valence-electron chi connectivity index (χ3n) is 6.92. The fraction of sp³-hybridized carbons (Fsp3) is 0.286. The maximum atomic E-state index is 13.1. The Labute approximate surface area is 225 Å². The van der Waals surface area contributed by atoms with E-state index >= 15 is 0 Å². The Balaban J connectivity index is 1.33. The van der Waals surface area contributed by atoms with E-state index in [0.29, 0.717) is 24.7 Å². The van der Waals surface area contributed by atoms with Crippen LogP contribution in [-0.4, -0.2) is 53.8 Å². The van der Waals surface area contributed by atoms with Gasteiger partial charge in [-0.3, -0.25) is 4.90 Å². The minimum absolute atomic E-state index is 0.151. The molecule has 11 heteroatoms. The number of fused-ring (bicyclic) bond motifs is 1. The summed E-state index contributed by atoms with van der Waals surface area (Å²) < 4.78 is 66.1. The summed E-state index contributed by atoms with van der Waals surface area (Å²) in [5.41, 5.74) is 1.95. The molecule has 1 fully saturated rings. The highest BCUT2D eigenvalue weighted by molar-refractivity contribution is 7.89. The Hall–Kier alpha value is -3.54. The first-order valence-corrected chi connectivity index (χ1v) is 14.0. The predicted molar refractivity (Wildman–Crippen MR) is 144 cm³/mol. The first-order valence-electron chi connectivity index (χ1n) is 12.5. The zero-order chi connectivity index (χ0) is 27.8. The smallest absolute Gasteiger partial charge is 0.340 e. The molecule has 204 valence electrons. The number of aryl methyl sites for hydroxylation is 1. The number of anilines is 2. The lowest BCUT2D eigenvalue weighted by Gasteiger charge is -2.37. The van der Waals surface area contributed by atoms with Crippen LogP contribution in [0.5, 0.6) is 0 Å². The first-order chi connectivity index (χ1) is 18.5. The first kappa shape index (κ1) is 27.0. The largest absolute Gasteiger partial charge is 0.416 e. The Morgan fingerprint density at radius 1 is 0.897 bits per heavy atom. The fourth-order valence-electron chi connectivity index (χ4n) is 4.70. The van der Waals surface area contributed by atoms with E-state index in [1.807, 2.05) is 62.4 Å². The standard InChI is InChI=1S/C28H28F3N5O2S/c1-19-6-5-7-22(18-19)32-27-24-8-3-4-9-25(24)33-26(34-27)20(2)35-14-16-36(17-15-35)39(37,38)23-12-10-21(11-13-23)28(29,30)31/h3-13,18,20H,14-17H2,1-2H3,(H,32,33,34)/t20-/m1/s1. The van der Waals surface area contributed by atoms with Gasteiger partial charge < -0.3 is 5.32 Å². The zero-order valence-corrected chi connectivity index (χ0v) is 22.3. The van der Waals surface area contributed by atoms with E-state index in [0.717, 1.165) is 46.4 Å². The van der Waals surface area contributed by atoms with Crippen molar-refractivity contribution in [2.45, 2.75) is 31.0 Å². The molecule has 1 N–H and O–H groups in total. The molecule has 4 aromatic rings. The van der Waals surface area contributed by atoms with E-state index in [-0.39, 0.29) is 24.0 Å². The highest BCUT2D eigenvalue weighted by Crippen LogP contribution is 2.31. The Morgan fingerprint density at radius 2 is 1.59 bits per heavy atom. The number of sulfonamides is 1. The molecule has 0 amide bonds. The zero-order valence-electron chi connectivity index (χ0n) is 21.5. The van der Waals surface area contributed by atoms with Crippen LogP contribution in [0.2, 0.25) is 0 Å². The van der Waals surface area contributed by atoms with Crippen molar-refractivity contribution in [2.75, 3.05) is 31.5 Å². The van der Waals surface area contributed by atoms with Crippen LogP contribution in [0.4, 0.5) is 24.7 Å². The van der Waals surface area contributed by atoms with Gasteiger partial charge in [-0.2, -0.15) is 17.5 Å². The summed E-state index contributed by atoms with van der Waals surface area (Å²) in [6.07, 6.45) is -4.52. The molecule has 1 atom stereocenters. The third kappa shape index (κ3) is 5.75. The van der Waals surface area contributed by atoms with Crippen molar-refractivity contribution in [3.63, 3.8) is 0 Å². The van der Waals surface area contributed by atoms with Gasteiger partial charge in [-0.05, 0) is 67.9 Å². The number of para-hydroxylation sites is 1. The molecular weight excluding hydrogens is 527 g/mol. The maximum Gasteiger partial charge on any atom is 0.416 e. The molecule has 39 heavy (non-hydrogen) atoms. The van der Waals surface area contributed by atoms with Gasteiger partial charge in [0.15, 0.2) is 0 Å². The molecule has 0 aliphatic carbocycles. The van der Waals surface area contributed by atoms with Crippen molar-refractivity contribution in [3.05, 3.63) is 89.7 Å². The SMILES string of the molecule is Cc1cccc(Nc2nc([C@@H](C)N3CCN(S(=O)(=O)c4ccc(C(F)(F)F)cc4)CC3)nc3ccccc23)c1. The maximum absolute atomic E-state index is 13.1. The van der Waals surface area contributed by atoms with Crippen LogP contribution in [0, 0.1) is 6.92 Å². The molecule has 5 rings (SSSR count). The van der Waals surface area contributed by atoms with E-state index in [4.69, 9.17) is 9.97 Å². The quantitative estimate of drug-likeness (QED) is 0.326. The van der Waals surface area contributed by atoms with Crippen molar-refractivity contribution in [2.24, 2.45) is 0 Å². The predicted octanol–water partition coefficient (Wildman–Crippen LogP) is 5.77. The third-order valence-corrected chi connectivity index (χ3v) is 8.83. The summed E-state index contributed by atoms with van der Waals surface area (Å²) in [5.74, 6) is 1.31. The molecule has 0 bridgehead atoms.